The number of hydrogen-bond donors (Lipinski definition) is 1. The van der Waals surface area contributed by atoms with Gasteiger partial charge in [0.15, 0.2) is 0 Å². The minimum Gasteiger partial charge on any atom is -0.378 e. The zero-order valence-electron chi connectivity index (χ0n) is 15.0. The lowest BCUT2D eigenvalue weighted by Gasteiger charge is -2.30. The topological polar surface area (TPSA) is 79.0 Å². The molecule has 26 heavy (non-hydrogen) atoms. The average molecular weight is 381 g/mol. The summed E-state index contributed by atoms with van der Waals surface area (Å²) < 4.78 is 31.7. The number of morpholine rings is 1. The highest BCUT2D eigenvalue weighted by molar-refractivity contribution is 7.89. The number of sulfonamides is 1. The van der Waals surface area contributed by atoms with Crippen LogP contribution in [0, 0.1) is 0 Å². The van der Waals surface area contributed by atoms with Crippen LogP contribution in [0.4, 0.5) is 11.4 Å². The van der Waals surface area contributed by atoms with E-state index in [1.54, 1.807) is 0 Å². The second-order valence-corrected chi connectivity index (χ2v) is 8.78. The molecule has 0 aliphatic carbocycles. The summed E-state index contributed by atoms with van der Waals surface area (Å²) in [5.74, 6) is -0.412. The third-order valence-corrected chi connectivity index (χ3v) is 6.70. The summed E-state index contributed by atoms with van der Waals surface area (Å²) >= 11 is 0. The van der Waals surface area contributed by atoms with E-state index in [0.717, 1.165) is 43.7 Å². The van der Waals surface area contributed by atoms with Crippen molar-refractivity contribution in [2.75, 3.05) is 55.4 Å². The molecule has 2 fully saturated rings. The van der Waals surface area contributed by atoms with E-state index in [4.69, 9.17) is 4.74 Å². The highest BCUT2D eigenvalue weighted by Crippen LogP contribution is 2.26. The van der Waals surface area contributed by atoms with Crippen molar-refractivity contribution in [1.29, 1.82) is 0 Å². The van der Waals surface area contributed by atoms with Crippen molar-refractivity contribution in [2.45, 2.75) is 25.7 Å². The average Bonchev–Trinajstić information content (AvgIpc) is 2.68. The van der Waals surface area contributed by atoms with E-state index in [1.165, 1.54) is 4.31 Å². The molecule has 0 saturated carbocycles. The number of nitrogens with zero attached hydrogens (tertiary/aromatic N) is 2. The Morgan fingerprint density at radius 1 is 1.04 bits per heavy atom. The van der Waals surface area contributed by atoms with Gasteiger partial charge >= 0.3 is 0 Å². The van der Waals surface area contributed by atoms with E-state index >= 15 is 0 Å². The molecule has 0 radical (unpaired) electrons. The Morgan fingerprint density at radius 3 is 2.46 bits per heavy atom. The van der Waals surface area contributed by atoms with Gasteiger partial charge in [-0.2, -0.15) is 0 Å². The minimum atomic E-state index is -3.36. The van der Waals surface area contributed by atoms with Crippen molar-refractivity contribution in [3.05, 3.63) is 24.3 Å². The van der Waals surface area contributed by atoms with E-state index in [1.807, 2.05) is 24.3 Å². The van der Waals surface area contributed by atoms with Crippen LogP contribution in [-0.4, -0.2) is 63.8 Å². The van der Waals surface area contributed by atoms with Crippen molar-refractivity contribution < 1.29 is 17.9 Å². The number of ether oxygens (including phenoxy) is 1. The Balaban J connectivity index is 1.58. The second kappa shape index (κ2) is 8.83. The number of nitrogens with one attached hydrogen (secondary N) is 1. The number of amides is 1. The van der Waals surface area contributed by atoms with Gasteiger partial charge in [0, 0.05) is 32.6 Å². The molecule has 144 valence electrons. The van der Waals surface area contributed by atoms with E-state index in [2.05, 4.69) is 10.2 Å². The number of hydrogen-bond acceptors (Lipinski definition) is 5. The van der Waals surface area contributed by atoms with Crippen LogP contribution in [0.2, 0.25) is 0 Å². The maximum absolute atomic E-state index is 12.4. The van der Waals surface area contributed by atoms with Crippen molar-refractivity contribution >= 4 is 27.3 Å². The van der Waals surface area contributed by atoms with Crippen molar-refractivity contribution in [3.8, 4) is 0 Å². The summed E-state index contributed by atoms with van der Waals surface area (Å²) in [5.41, 5.74) is 1.66. The fourth-order valence-corrected chi connectivity index (χ4v) is 4.88. The first kappa shape index (κ1) is 19.1. The molecule has 0 aromatic heterocycles. The molecule has 0 bridgehead atoms. The first-order valence-electron chi connectivity index (χ1n) is 9.26. The Kier molecular flexibility index (Phi) is 6.50. The van der Waals surface area contributed by atoms with Gasteiger partial charge in [-0.15, -0.1) is 0 Å². The number of para-hydroxylation sites is 2. The summed E-state index contributed by atoms with van der Waals surface area (Å²) in [6.07, 6.45) is 2.85. The lowest BCUT2D eigenvalue weighted by atomic mass is 10.2. The van der Waals surface area contributed by atoms with Crippen molar-refractivity contribution in [3.63, 3.8) is 0 Å². The third-order valence-electron chi connectivity index (χ3n) is 4.83. The summed E-state index contributed by atoms with van der Waals surface area (Å²) in [4.78, 5) is 14.5. The first-order chi connectivity index (χ1) is 12.6. The number of piperidine rings is 1. The van der Waals surface area contributed by atoms with Gasteiger partial charge in [0.1, 0.15) is 0 Å². The minimum absolute atomic E-state index is 0.0315. The van der Waals surface area contributed by atoms with Gasteiger partial charge in [-0.1, -0.05) is 18.6 Å². The van der Waals surface area contributed by atoms with E-state index < -0.39 is 10.0 Å². The van der Waals surface area contributed by atoms with Crippen LogP contribution in [0.1, 0.15) is 25.7 Å². The normalized spacial score (nSPS) is 19.3. The quantitative estimate of drug-likeness (QED) is 0.811. The number of anilines is 2. The molecule has 2 saturated heterocycles. The van der Waals surface area contributed by atoms with E-state index in [9.17, 15) is 13.2 Å². The molecule has 2 aliphatic heterocycles. The van der Waals surface area contributed by atoms with E-state index in [-0.39, 0.29) is 18.1 Å². The largest absolute Gasteiger partial charge is 0.378 e. The molecule has 2 heterocycles. The molecule has 3 rings (SSSR count). The van der Waals surface area contributed by atoms with Crippen LogP contribution < -0.4 is 10.2 Å². The van der Waals surface area contributed by atoms with Crippen molar-refractivity contribution in [2.24, 2.45) is 0 Å². The van der Waals surface area contributed by atoms with E-state index in [0.29, 0.717) is 26.3 Å². The molecule has 8 heteroatoms. The van der Waals surface area contributed by atoms with Crippen molar-refractivity contribution in [1.82, 2.24) is 4.31 Å². The summed E-state index contributed by atoms with van der Waals surface area (Å²) in [5, 5.41) is 2.88. The zero-order valence-corrected chi connectivity index (χ0v) is 15.8. The summed E-state index contributed by atoms with van der Waals surface area (Å²) in [6.45, 7) is 4.02. The second-order valence-electron chi connectivity index (χ2n) is 6.69. The molecular weight excluding hydrogens is 354 g/mol. The smallest absolute Gasteiger partial charge is 0.225 e. The Bertz CT molecular complexity index is 711. The SMILES string of the molecule is O=C(CCS(=O)(=O)N1CCCCC1)Nc1ccccc1N1CCOCC1. The van der Waals surface area contributed by atoms with Crippen LogP contribution in [0.5, 0.6) is 0 Å². The van der Waals surface area contributed by atoms with Gasteiger partial charge in [0.2, 0.25) is 15.9 Å². The van der Waals surface area contributed by atoms with Crippen LogP contribution in [0.15, 0.2) is 24.3 Å². The zero-order chi connectivity index (χ0) is 18.4. The molecule has 2 aliphatic rings. The number of benzene rings is 1. The molecule has 7 nitrogen and oxygen atoms in total. The predicted molar refractivity (Wildman–Crippen MR) is 102 cm³/mol. The fraction of sp³-hybridized carbons (Fsp3) is 0.611. The standard InChI is InChI=1S/C18H27N3O4S/c22-18(8-15-26(23,24)21-9-4-1-5-10-21)19-16-6-2-3-7-17(16)20-11-13-25-14-12-20/h2-3,6-7H,1,4-5,8-15H2,(H,19,22). The maximum atomic E-state index is 12.4. The summed E-state index contributed by atoms with van der Waals surface area (Å²) in [6, 6.07) is 7.61. The van der Waals surface area contributed by atoms with Gasteiger partial charge in [-0.3, -0.25) is 4.79 Å². The highest BCUT2D eigenvalue weighted by Gasteiger charge is 2.24. The van der Waals surface area contributed by atoms with Gasteiger partial charge in [0.25, 0.3) is 0 Å². The number of carbonyl (C=O) groups excluding carboxylic acids is 1. The molecule has 0 unspecified atom stereocenters. The lowest BCUT2D eigenvalue weighted by molar-refractivity contribution is -0.115. The maximum Gasteiger partial charge on any atom is 0.225 e. The molecule has 1 N–H and O–H groups in total. The summed E-state index contributed by atoms with van der Waals surface area (Å²) in [7, 11) is -3.36. The van der Waals surface area contributed by atoms with Crippen LogP contribution >= 0.6 is 0 Å². The van der Waals surface area contributed by atoms with Gasteiger partial charge in [-0.25, -0.2) is 12.7 Å². The molecule has 0 atom stereocenters. The number of carbonyl (C=O) groups is 1. The van der Waals surface area contributed by atoms with Gasteiger partial charge in [-0.05, 0) is 25.0 Å². The highest BCUT2D eigenvalue weighted by atomic mass is 32.2. The first-order valence-corrected chi connectivity index (χ1v) is 10.9. The monoisotopic (exact) mass is 381 g/mol. The molecular formula is C18H27N3O4S. The Hall–Kier alpha value is -1.64. The molecule has 1 aromatic rings. The van der Waals surface area contributed by atoms with Crippen LogP contribution in [-0.2, 0) is 19.6 Å². The van der Waals surface area contributed by atoms with Crippen LogP contribution in [0.3, 0.4) is 0 Å². The van der Waals surface area contributed by atoms with Gasteiger partial charge < -0.3 is 15.0 Å². The number of rotatable bonds is 6. The Morgan fingerprint density at radius 2 is 1.73 bits per heavy atom. The lowest BCUT2D eigenvalue weighted by Crippen LogP contribution is -2.38. The fourth-order valence-electron chi connectivity index (χ4n) is 3.37. The van der Waals surface area contributed by atoms with Gasteiger partial charge in [0.05, 0.1) is 30.3 Å². The third kappa shape index (κ3) is 4.96. The van der Waals surface area contributed by atoms with Crippen LogP contribution in [0.25, 0.3) is 0 Å². The Labute approximate surface area is 155 Å². The molecule has 0 spiro atoms. The predicted octanol–water partition coefficient (Wildman–Crippen LogP) is 1.67. The molecule has 1 aromatic carbocycles. The molecule has 1 amide bonds.